The molecule has 0 spiro atoms. The Morgan fingerprint density at radius 1 is 1.24 bits per heavy atom. The molecule has 0 saturated carbocycles. The third kappa shape index (κ3) is 2.20. The van der Waals surface area contributed by atoms with Gasteiger partial charge in [0.25, 0.3) is 0 Å². The Bertz CT molecular complexity index is 414. The summed E-state index contributed by atoms with van der Waals surface area (Å²) in [6.45, 7) is 1.89. The number of ether oxygens (including phenoxy) is 2. The molecule has 2 atom stereocenters. The van der Waals surface area contributed by atoms with E-state index in [0.29, 0.717) is 0 Å². The predicted molar refractivity (Wildman–Crippen MR) is 67.5 cm³/mol. The van der Waals surface area contributed by atoms with Gasteiger partial charge in [-0.3, -0.25) is 4.79 Å². The largest absolute Gasteiger partial charge is 0.496 e. The standard InChI is InChI=1S/C12H15NO3S/c1-7-11(14)13-12(17-7)10-8(15-2)5-4-6-9(10)16-3/h4-7,12H,1-3H3,(H,13,14). The van der Waals surface area contributed by atoms with Crippen LogP contribution >= 0.6 is 11.8 Å². The summed E-state index contributed by atoms with van der Waals surface area (Å²) in [6, 6.07) is 5.60. The maximum atomic E-state index is 11.5. The SMILES string of the molecule is COc1cccc(OC)c1C1NC(=O)C(C)S1. The van der Waals surface area contributed by atoms with Crippen molar-refractivity contribution in [2.45, 2.75) is 17.5 Å². The summed E-state index contributed by atoms with van der Waals surface area (Å²) in [6.07, 6.45) is 0. The number of hydrogen-bond donors (Lipinski definition) is 1. The van der Waals surface area contributed by atoms with Crippen molar-refractivity contribution >= 4 is 17.7 Å². The molecule has 0 aromatic heterocycles. The van der Waals surface area contributed by atoms with E-state index in [1.54, 1.807) is 26.0 Å². The molecule has 92 valence electrons. The predicted octanol–water partition coefficient (Wildman–Crippen LogP) is 1.95. The lowest BCUT2D eigenvalue weighted by atomic mass is 10.1. The monoisotopic (exact) mass is 253 g/mol. The van der Waals surface area contributed by atoms with Gasteiger partial charge in [0.2, 0.25) is 5.91 Å². The van der Waals surface area contributed by atoms with Crippen LogP contribution in [0.5, 0.6) is 11.5 Å². The maximum Gasteiger partial charge on any atom is 0.234 e. The molecule has 1 saturated heterocycles. The lowest BCUT2D eigenvalue weighted by Gasteiger charge is -2.17. The molecular weight excluding hydrogens is 238 g/mol. The molecule has 2 unspecified atom stereocenters. The van der Waals surface area contributed by atoms with E-state index in [9.17, 15) is 4.79 Å². The number of rotatable bonds is 3. The molecule has 1 aliphatic rings. The van der Waals surface area contributed by atoms with Crippen LogP contribution in [0, 0.1) is 0 Å². The molecule has 2 rings (SSSR count). The van der Waals surface area contributed by atoms with Crippen LogP contribution < -0.4 is 14.8 Å². The highest BCUT2D eigenvalue weighted by Gasteiger charge is 2.33. The molecule has 4 nitrogen and oxygen atoms in total. The smallest absolute Gasteiger partial charge is 0.234 e. The van der Waals surface area contributed by atoms with E-state index >= 15 is 0 Å². The van der Waals surface area contributed by atoms with Crippen LogP contribution in [0.2, 0.25) is 0 Å². The number of methoxy groups -OCH3 is 2. The number of benzene rings is 1. The molecule has 0 bridgehead atoms. The third-order valence-corrected chi connectivity index (χ3v) is 3.96. The summed E-state index contributed by atoms with van der Waals surface area (Å²) in [7, 11) is 3.23. The van der Waals surface area contributed by atoms with Crippen molar-refractivity contribution < 1.29 is 14.3 Å². The summed E-state index contributed by atoms with van der Waals surface area (Å²) < 4.78 is 10.7. The lowest BCUT2D eigenvalue weighted by molar-refractivity contribution is -0.119. The van der Waals surface area contributed by atoms with E-state index in [4.69, 9.17) is 9.47 Å². The van der Waals surface area contributed by atoms with Crippen molar-refractivity contribution in [3.63, 3.8) is 0 Å². The molecule has 1 fully saturated rings. The van der Waals surface area contributed by atoms with Gasteiger partial charge >= 0.3 is 0 Å². The molecule has 0 radical (unpaired) electrons. The lowest BCUT2D eigenvalue weighted by Crippen LogP contribution is -2.22. The van der Waals surface area contributed by atoms with Gasteiger partial charge in [-0.25, -0.2) is 0 Å². The Balaban J connectivity index is 2.40. The van der Waals surface area contributed by atoms with Crippen LogP contribution in [-0.4, -0.2) is 25.4 Å². The summed E-state index contributed by atoms with van der Waals surface area (Å²) >= 11 is 1.57. The van der Waals surface area contributed by atoms with Crippen molar-refractivity contribution in [1.29, 1.82) is 0 Å². The summed E-state index contributed by atoms with van der Waals surface area (Å²) in [5, 5.41) is 2.78. The van der Waals surface area contributed by atoms with Gasteiger partial charge in [0.15, 0.2) is 0 Å². The average molecular weight is 253 g/mol. The molecule has 0 aliphatic carbocycles. The first-order valence-corrected chi connectivity index (χ1v) is 6.28. The van der Waals surface area contributed by atoms with Crippen LogP contribution in [0.15, 0.2) is 18.2 Å². The average Bonchev–Trinajstić information content (AvgIpc) is 2.68. The quantitative estimate of drug-likeness (QED) is 0.894. The Morgan fingerprint density at radius 2 is 1.82 bits per heavy atom. The summed E-state index contributed by atoms with van der Waals surface area (Å²) in [4.78, 5) is 11.5. The number of hydrogen-bond acceptors (Lipinski definition) is 4. The van der Waals surface area contributed by atoms with Gasteiger partial charge < -0.3 is 14.8 Å². The highest BCUT2D eigenvalue weighted by Crippen LogP contribution is 2.43. The van der Waals surface area contributed by atoms with Gasteiger partial charge in [-0.2, -0.15) is 0 Å². The van der Waals surface area contributed by atoms with E-state index in [1.807, 2.05) is 25.1 Å². The second-order valence-corrected chi connectivity index (χ2v) is 5.19. The van der Waals surface area contributed by atoms with Crippen LogP contribution in [-0.2, 0) is 4.79 Å². The van der Waals surface area contributed by atoms with E-state index in [-0.39, 0.29) is 16.5 Å². The van der Waals surface area contributed by atoms with Gasteiger partial charge in [-0.05, 0) is 19.1 Å². The summed E-state index contributed by atoms with van der Waals surface area (Å²) in [5.41, 5.74) is 0.889. The van der Waals surface area contributed by atoms with Crippen molar-refractivity contribution in [2.24, 2.45) is 0 Å². The van der Waals surface area contributed by atoms with Gasteiger partial charge in [-0.1, -0.05) is 6.07 Å². The van der Waals surface area contributed by atoms with Crippen molar-refractivity contribution in [3.05, 3.63) is 23.8 Å². The third-order valence-electron chi connectivity index (χ3n) is 2.71. The molecule has 1 heterocycles. The number of carbonyl (C=O) groups is 1. The fourth-order valence-electron chi connectivity index (χ4n) is 1.83. The van der Waals surface area contributed by atoms with Gasteiger partial charge in [-0.15, -0.1) is 11.8 Å². The minimum absolute atomic E-state index is 0.0466. The van der Waals surface area contributed by atoms with Crippen molar-refractivity contribution in [3.8, 4) is 11.5 Å². The molecular formula is C12H15NO3S. The molecule has 1 amide bonds. The van der Waals surface area contributed by atoms with E-state index < -0.39 is 0 Å². The van der Waals surface area contributed by atoms with Gasteiger partial charge in [0, 0.05) is 0 Å². The normalized spacial score (nSPS) is 23.4. The second kappa shape index (κ2) is 4.87. The highest BCUT2D eigenvalue weighted by molar-refractivity contribution is 8.01. The van der Waals surface area contributed by atoms with E-state index in [1.165, 1.54) is 0 Å². The first kappa shape index (κ1) is 12.1. The zero-order valence-corrected chi connectivity index (χ0v) is 10.8. The fourth-order valence-corrected chi connectivity index (χ4v) is 2.98. The Labute approximate surface area is 105 Å². The molecule has 17 heavy (non-hydrogen) atoms. The van der Waals surface area contributed by atoms with Crippen LogP contribution in [0.25, 0.3) is 0 Å². The van der Waals surface area contributed by atoms with Crippen LogP contribution in [0.4, 0.5) is 0 Å². The van der Waals surface area contributed by atoms with Gasteiger partial charge in [0.1, 0.15) is 16.9 Å². The second-order valence-electron chi connectivity index (χ2n) is 3.74. The van der Waals surface area contributed by atoms with Crippen molar-refractivity contribution in [2.75, 3.05) is 14.2 Å². The maximum absolute atomic E-state index is 11.5. The Kier molecular flexibility index (Phi) is 3.47. The Morgan fingerprint density at radius 3 is 2.24 bits per heavy atom. The Hall–Kier alpha value is -1.36. The van der Waals surface area contributed by atoms with Gasteiger partial charge in [0.05, 0.1) is 25.0 Å². The number of nitrogens with one attached hydrogen (secondary N) is 1. The number of carbonyl (C=O) groups excluding carboxylic acids is 1. The number of amides is 1. The van der Waals surface area contributed by atoms with E-state index in [2.05, 4.69) is 5.32 Å². The molecule has 1 aromatic rings. The topological polar surface area (TPSA) is 47.6 Å². The molecule has 1 aromatic carbocycles. The zero-order valence-electron chi connectivity index (χ0n) is 10.0. The summed E-state index contributed by atoms with van der Waals surface area (Å²) in [5.74, 6) is 1.51. The van der Waals surface area contributed by atoms with E-state index in [0.717, 1.165) is 17.1 Å². The molecule has 1 aliphatic heterocycles. The number of thioether (sulfide) groups is 1. The minimum atomic E-state index is -0.108. The molecule has 1 N–H and O–H groups in total. The van der Waals surface area contributed by atoms with Crippen LogP contribution in [0.1, 0.15) is 17.9 Å². The first-order chi connectivity index (χ1) is 8.17. The minimum Gasteiger partial charge on any atom is -0.496 e. The fraction of sp³-hybridized carbons (Fsp3) is 0.417. The zero-order chi connectivity index (χ0) is 12.4. The first-order valence-electron chi connectivity index (χ1n) is 5.34. The molecule has 5 heteroatoms. The highest BCUT2D eigenvalue weighted by atomic mass is 32.2. The van der Waals surface area contributed by atoms with Crippen LogP contribution in [0.3, 0.4) is 0 Å². The van der Waals surface area contributed by atoms with Crippen molar-refractivity contribution in [1.82, 2.24) is 5.32 Å².